The number of rotatable bonds is 3. The van der Waals surface area contributed by atoms with Gasteiger partial charge < -0.3 is 10.2 Å². The van der Waals surface area contributed by atoms with Crippen molar-refractivity contribution in [2.24, 2.45) is 4.99 Å². The number of phenols is 2. The molecule has 0 aliphatic rings. The van der Waals surface area contributed by atoms with E-state index in [4.69, 9.17) is 0 Å². The van der Waals surface area contributed by atoms with E-state index in [1.807, 2.05) is 0 Å². The molecule has 2 aromatic carbocycles. The molecule has 21 heavy (non-hydrogen) atoms. The van der Waals surface area contributed by atoms with Crippen LogP contribution < -0.4 is 0 Å². The summed E-state index contributed by atoms with van der Waals surface area (Å²) in [6, 6.07) is 6.82. The number of nitro benzene ring substituents is 1. The number of benzene rings is 2. The van der Waals surface area contributed by atoms with Crippen LogP contribution in [0.15, 0.2) is 44.3 Å². The number of nitrogens with zero attached hydrogens (tertiary/aromatic N) is 2. The molecular weight excluding hydrogens is 408 g/mol. The Morgan fingerprint density at radius 3 is 2.33 bits per heavy atom. The lowest BCUT2D eigenvalue weighted by molar-refractivity contribution is -0.384. The zero-order valence-electron chi connectivity index (χ0n) is 10.3. The first-order valence-corrected chi connectivity index (χ1v) is 7.16. The molecular formula is C13H8Br2N2O4. The van der Waals surface area contributed by atoms with Gasteiger partial charge in [0.2, 0.25) is 0 Å². The number of nitro groups is 1. The monoisotopic (exact) mass is 414 g/mol. The van der Waals surface area contributed by atoms with Crippen LogP contribution in [0.1, 0.15) is 5.56 Å². The number of hydrogen-bond donors (Lipinski definition) is 2. The van der Waals surface area contributed by atoms with Crippen LogP contribution in [-0.2, 0) is 0 Å². The van der Waals surface area contributed by atoms with Crippen LogP contribution in [0.25, 0.3) is 0 Å². The molecule has 0 spiro atoms. The lowest BCUT2D eigenvalue weighted by Crippen LogP contribution is -1.90. The van der Waals surface area contributed by atoms with Gasteiger partial charge >= 0.3 is 0 Å². The largest absolute Gasteiger partial charge is 0.507 e. The van der Waals surface area contributed by atoms with Crippen LogP contribution in [0.5, 0.6) is 11.5 Å². The molecule has 0 unspecified atom stereocenters. The number of halogens is 2. The second kappa shape index (κ2) is 6.23. The number of phenolic OH excluding ortho intramolecular Hbond substituents is 2. The average molecular weight is 416 g/mol. The molecule has 108 valence electrons. The summed E-state index contributed by atoms with van der Waals surface area (Å²) in [6.07, 6.45) is 1.31. The second-order valence-corrected chi connectivity index (χ2v) is 5.73. The van der Waals surface area contributed by atoms with Crippen molar-refractivity contribution in [1.29, 1.82) is 0 Å². The van der Waals surface area contributed by atoms with E-state index < -0.39 is 4.92 Å². The SMILES string of the molecule is O=[N+]([O-])c1ccc(O)c(C=Nc2cc(Br)c(O)c(Br)c2)c1. The van der Waals surface area contributed by atoms with Gasteiger partial charge in [-0.15, -0.1) is 0 Å². The normalized spacial score (nSPS) is 11.0. The molecule has 2 aromatic rings. The van der Waals surface area contributed by atoms with E-state index in [0.717, 1.165) is 0 Å². The molecule has 0 aliphatic carbocycles. The van der Waals surface area contributed by atoms with Crippen molar-refractivity contribution in [1.82, 2.24) is 0 Å². The van der Waals surface area contributed by atoms with E-state index in [9.17, 15) is 20.3 Å². The molecule has 8 heteroatoms. The van der Waals surface area contributed by atoms with E-state index in [-0.39, 0.29) is 22.7 Å². The van der Waals surface area contributed by atoms with E-state index in [0.29, 0.717) is 14.6 Å². The predicted molar refractivity (Wildman–Crippen MR) is 85.5 cm³/mol. The third-order valence-electron chi connectivity index (χ3n) is 2.58. The van der Waals surface area contributed by atoms with Gasteiger partial charge in [0.25, 0.3) is 5.69 Å². The highest BCUT2D eigenvalue weighted by atomic mass is 79.9. The van der Waals surface area contributed by atoms with Crippen LogP contribution in [0, 0.1) is 10.1 Å². The van der Waals surface area contributed by atoms with E-state index >= 15 is 0 Å². The molecule has 6 nitrogen and oxygen atoms in total. The standard InChI is InChI=1S/C13H8Br2N2O4/c14-10-4-8(5-11(15)13(10)19)16-6-7-3-9(17(20)21)1-2-12(7)18/h1-6,18-19H. The van der Waals surface area contributed by atoms with Crippen molar-refractivity contribution >= 4 is 49.4 Å². The summed E-state index contributed by atoms with van der Waals surface area (Å²) in [5, 5.41) is 30.0. The van der Waals surface area contributed by atoms with Crippen molar-refractivity contribution in [3.8, 4) is 11.5 Å². The van der Waals surface area contributed by atoms with Gasteiger partial charge in [0.05, 0.1) is 19.6 Å². The fraction of sp³-hybridized carbons (Fsp3) is 0. The fourth-order valence-corrected chi connectivity index (χ4v) is 2.69. The molecule has 0 atom stereocenters. The van der Waals surface area contributed by atoms with Gasteiger partial charge in [-0.3, -0.25) is 15.1 Å². The van der Waals surface area contributed by atoms with Gasteiger partial charge in [-0.1, -0.05) is 0 Å². The maximum absolute atomic E-state index is 10.7. The smallest absolute Gasteiger partial charge is 0.270 e. The third-order valence-corrected chi connectivity index (χ3v) is 3.79. The lowest BCUT2D eigenvalue weighted by Gasteiger charge is -2.02. The highest BCUT2D eigenvalue weighted by molar-refractivity contribution is 9.11. The first kappa shape index (κ1) is 15.5. The Morgan fingerprint density at radius 1 is 1.14 bits per heavy atom. The molecule has 0 heterocycles. The zero-order valence-corrected chi connectivity index (χ0v) is 13.5. The Labute approximate surface area is 136 Å². The summed E-state index contributed by atoms with van der Waals surface area (Å²) in [7, 11) is 0. The molecule has 0 aromatic heterocycles. The zero-order chi connectivity index (χ0) is 15.6. The maximum atomic E-state index is 10.7. The molecule has 0 saturated carbocycles. The van der Waals surface area contributed by atoms with Gasteiger partial charge in [0.15, 0.2) is 0 Å². The molecule has 0 bridgehead atoms. The molecule has 0 fully saturated rings. The summed E-state index contributed by atoms with van der Waals surface area (Å²) in [5.41, 5.74) is 0.587. The summed E-state index contributed by atoms with van der Waals surface area (Å²) in [5.74, 6) is -0.0617. The van der Waals surface area contributed by atoms with Gasteiger partial charge in [0.1, 0.15) is 11.5 Å². The van der Waals surface area contributed by atoms with Crippen molar-refractivity contribution in [3.05, 3.63) is 55.0 Å². The summed E-state index contributed by atoms with van der Waals surface area (Å²) >= 11 is 6.35. The van der Waals surface area contributed by atoms with Gasteiger partial charge in [-0.25, -0.2) is 0 Å². The number of aliphatic imine (C=N–C) groups is 1. The minimum absolute atomic E-state index is 0.0483. The Bertz CT molecular complexity index is 724. The van der Waals surface area contributed by atoms with Crippen LogP contribution in [-0.4, -0.2) is 21.4 Å². The summed E-state index contributed by atoms with van der Waals surface area (Å²) in [6.45, 7) is 0. The second-order valence-electron chi connectivity index (χ2n) is 4.02. The van der Waals surface area contributed by atoms with Gasteiger partial charge in [-0.05, 0) is 50.1 Å². The van der Waals surface area contributed by atoms with Crippen molar-refractivity contribution < 1.29 is 15.1 Å². The van der Waals surface area contributed by atoms with Crippen molar-refractivity contribution in [2.75, 3.05) is 0 Å². The first-order chi connectivity index (χ1) is 9.88. The molecule has 2 N–H and O–H groups in total. The van der Waals surface area contributed by atoms with E-state index in [1.54, 1.807) is 12.1 Å². The van der Waals surface area contributed by atoms with E-state index in [1.165, 1.54) is 24.4 Å². The summed E-state index contributed by atoms with van der Waals surface area (Å²) < 4.78 is 0.902. The number of hydrogen-bond acceptors (Lipinski definition) is 5. The average Bonchev–Trinajstić information content (AvgIpc) is 2.43. The summed E-state index contributed by atoms with van der Waals surface area (Å²) in [4.78, 5) is 14.3. The van der Waals surface area contributed by atoms with Gasteiger partial charge in [0, 0.05) is 23.9 Å². The molecule has 0 radical (unpaired) electrons. The van der Waals surface area contributed by atoms with Crippen LogP contribution in [0.4, 0.5) is 11.4 Å². The minimum Gasteiger partial charge on any atom is -0.507 e. The lowest BCUT2D eigenvalue weighted by atomic mass is 10.2. The van der Waals surface area contributed by atoms with Crippen LogP contribution in [0.2, 0.25) is 0 Å². The maximum Gasteiger partial charge on any atom is 0.270 e. The molecule has 0 amide bonds. The molecule has 2 rings (SSSR count). The van der Waals surface area contributed by atoms with E-state index in [2.05, 4.69) is 36.9 Å². The third kappa shape index (κ3) is 3.59. The molecule has 0 saturated heterocycles. The van der Waals surface area contributed by atoms with Gasteiger partial charge in [-0.2, -0.15) is 0 Å². The van der Waals surface area contributed by atoms with Crippen molar-refractivity contribution in [2.45, 2.75) is 0 Å². The number of aromatic hydroxyl groups is 2. The highest BCUT2D eigenvalue weighted by Gasteiger charge is 2.09. The van der Waals surface area contributed by atoms with Crippen LogP contribution in [0.3, 0.4) is 0 Å². The first-order valence-electron chi connectivity index (χ1n) is 5.58. The highest BCUT2D eigenvalue weighted by Crippen LogP contribution is 2.36. The Morgan fingerprint density at radius 2 is 1.76 bits per heavy atom. The van der Waals surface area contributed by atoms with Crippen molar-refractivity contribution in [3.63, 3.8) is 0 Å². The van der Waals surface area contributed by atoms with Crippen LogP contribution >= 0.6 is 31.9 Å². The Balaban J connectivity index is 2.37. The Kier molecular flexibility index (Phi) is 4.59. The quantitative estimate of drug-likeness (QED) is 0.444. The topological polar surface area (TPSA) is 96.0 Å². The Hall–Kier alpha value is -1.93. The minimum atomic E-state index is -0.551. The predicted octanol–water partition coefficient (Wildman–Crippen LogP) is 4.28. The fourth-order valence-electron chi connectivity index (χ4n) is 1.53. The molecule has 0 aliphatic heterocycles. The number of non-ortho nitro benzene ring substituents is 1.